The molecule has 1 aromatic heterocycles. The highest BCUT2D eigenvalue weighted by atomic mass is 32.2. The number of fused-ring (bicyclic) bond motifs is 1. The Morgan fingerprint density at radius 1 is 0.941 bits per heavy atom. The molecule has 0 spiro atoms. The van der Waals surface area contributed by atoms with E-state index in [1.807, 2.05) is 0 Å². The van der Waals surface area contributed by atoms with Crippen molar-refractivity contribution in [2.45, 2.75) is 18.4 Å². The zero-order valence-corrected chi connectivity index (χ0v) is 20.2. The Hall–Kier alpha value is -3.91. The van der Waals surface area contributed by atoms with Gasteiger partial charge in [-0.2, -0.15) is 12.8 Å². The maximum absolute atomic E-state index is 11.3. The Balaban J connectivity index is 0.000000204. The molecule has 34 heavy (non-hydrogen) atoms. The van der Waals surface area contributed by atoms with Crippen LogP contribution in [-0.2, 0) is 16.6 Å². The Kier molecular flexibility index (Phi) is 7.86. The first-order valence-corrected chi connectivity index (χ1v) is 12.1. The fourth-order valence-corrected chi connectivity index (χ4v) is 4.19. The molecule has 0 atom stereocenters. The highest BCUT2D eigenvalue weighted by Gasteiger charge is 2.10. The van der Waals surface area contributed by atoms with E-state index in [1.54, 1.807) is 0 Å². The van der Waals surface area contributed by atoms with Gasteiger partial charge in [0, 0.05) is 43.2 Å². The third-order valence-electron chi connectivity index (χ3n) is 5.00. The van der Waals surface area contributed by atoms with Crippen LogP contribution in [0.5, 0.6) is 0 Å². The summed E-state index contributed by atoms with van der Waals surface area (Å²) in [7, 11) is 0.261. The van der Waals surface area contributed by atoms with E-state index < -0.39 is 15.9 Å². The molecule has 0 bridgehead atoms. The molecule has 8 heteroatoms. The van der Waals surface area contributed by atoms with E-state index in [1.165, 1.54) is 46.3 Å². The maximum Gasteiger partial charge on any atom is 0.281 e. The van der Waals surface area contributed by atoms with E-state index in [4.69, 9.17) is 5.73 Å². The summed E-state index contributed by atoms with van der Waals surface area (Å²) in [6.45, 7) is 1.98. The van der Waals surface area contributed by atoms with E-state index in [2.05, 4.69) is 95.0 Å². The second kappa shape index (κ2) is 10.8. The van der Waals surface area contributed by atoms with Gasteiger partial charge in [0.2, 0.25) is 0 Å². The van der Waals surface area contributed by atoms with Crippen LogP contribution < -0.4 is 20.3 Å². The number of rotatable bonds is 5. The number of pyridine rings is 1. The molecular formula is C26H28N4O3S. The number of hydrogen-bond acceptors (Lipinski definition) is 5. The van der Waals surface area contributed by atoms with Crippen molar-refractivity contribution in [1.82, 2.24) is 0 Å². The van der Waals surface area contributed by atoms with Crippen LogP contribution in [0.3, 0.4) is 0 Å². The lowest BCUT2D eigenvalue weighted by Crippen LogP contribution is -2.33. The lowest BCUT2D eigenvalue weighted by molar-refractivity contribution is -0.688. The summed E-state index contributed by atoms with van der Waals surface area (Å²) >= 11 is 0. The van der Waals surface area contributed by atoms with Gasteiger partial charge < -0.3 is 15.7 Å². The fraction of sp³-hybridized carbons (Fsp3) is 0.154. The number of hydrogen-bond donors (Lipinski definition) is 1. The lowest BCUT2D eigenvalue weighted by atomic mass is 10.1. The van der Waals surface area contributed by atoms with Crippen molar-refractivity contribution in [3.05, 3.63) is 96.8 Å². The van der Waals surface area contributed by atoms with Gasteiger partial charge in [0.15, 0.2) is 18.9 Å². The van der Waals surface area contributed by atoms with Crippen LogP contribution in [0, 0.1) is 0 Å². The summed E-state index contributed by atoms with van der Waals surface area (Å²) in [6.07, 6.45) is 4.26. The average Bonchev–Trinajstić information content (AvgIpc) is 2.79. The van der Waals surface area contributed by atoms with Crippen LogP contribution in [0.25, 0.3) is 10.8 Å². The third-order valence-corrected chi connectivity index (χ3v) is 6.36. The molecule has 0 aliphatic heterocycles. The standard InChI is InChI=1S/C18H19N2.C8H10N2O3S/c1-19(2)18-9-11-20(12-10-18)14-15-7-8-16-5-3-4-6-17(16)13-15;1-6(11)10-14(12,13)8-4-2-7(9)3-5-8/h3-13H,14H2,1-2H3;2-5H,9H2,1H3,(H,10,11)/q+1;/p-1. The number of aromatic nitrogens is 1. The predicted octanol–water partition coefficient (Wildman–Crippen LogP) is 2.98. The molecule has 0 fully saturated rings. The summed E-state index contributed by atoms with van der Waals surface area (Å²) in [6, 6.07) is 24.9. The van der Waals surface area contributed by atoms with E-state index in [0.717, 1.165) is 13.5 Å². The first kappa shape index (κ1) is 24.7. The third kappa shape index (κ3) is 6.79. The van der Waals surface area contributed by atoms with Crippen molar-refractivity contribution in [3.63, 3.8) is 0 Å². The van der Waals surface area contributed by atoms with Crippen molar-refractivity contribution in [2.75, 3.05) is 24.7 Å². The Bertz CT molecular complexity index is 1380. The van der Waals surface area contributed by atoms with Gasteiger partial charge in [0.1, 0.15) is 0 Å². The SMILES string of the molecule is CC([O-])=NS(=O)(=O)c1ccc(N)cc1.CN(C)c1cc[n+](Cc2ccc3ccccc3c2)cc1. The van der Waals surface area contributed by atoms with Gasteiger partial charge in [-0.05, 0) is 53.9 Å². The molecule has 0 radical (unpaired) electrons. The van der Waals surface area contributed by atoms with E-state index in [-0.39, 0.29) is 4.90 Å². The molecule has 4 rings (SSSR count). The Morgan fingerprint density at radius 2 is 1.56 bits per heavy atom. The normalized spacial score (nSPS) is 11.6. The number of nitrogens with zero attached hydrogens (tertiary/aromatic N) is 3. The molecule has 0 unspecified atom stereocenters. The predicted molar refractivity (Wildman–Crippen MR) is 135 cm³/mol. The number of benzene rings is 3. The van der Waals surface area contributed by atoms with Gasteiger partial charge in [0.05, 0.1) is 4.90 Å². The smallest absolute Gasteiger partial charge is 0.281 e. The first-order chi connectivity index (χ1) is 16.1. The fourth-order valence-electron chi connectivity index (χ4n) is 3.26. The van der Waals surface area contributed by atoms with E-state index in [9.17, 15) is 13.5 Å². The molecule has 7 nitrogen and oxygen atoms in total. The van der Waals surface area contributed by atoms with Crippen LogP contribution in [0.1, 0.15) is 12.5 Å². The molecule has 176 valence electrons. The maximum atomic E-state index is 11.3. The second-order valence-electron chi connectivity index (χ2n) is 7.96. The molecule has 2 N–H and O–H groups in total. The van der Waals surface area contributed by atoms with Crippen LogP contribution in [-0.4, -0.2) is 28.4 Å². The number of sulfonamides is 1. The summed E-state index contributed by atoms with van der Waals surface area (Å²) in [5.41, 5.74) is 8.38. The van der Waals surface area contributed by atoms with Crippen LogP contribution in [0.4, 0.5) is 11.4 Å². The molecule has 0 saturated heterocycles. The highest BCUT2D eigenvalue weighted by molar-refractivity contribution is 7.90. The van der Waals surface area contributed by atoms with Crippen molar-refractivity contribution < 1.29 is 18.1 Å². The minimum atomic E-state index is -3.86. The molecule has 0 aliphatic rings. The monoisotopic (exact) mass is 476 g/mol. The molecule has 0 amide bonds. The van der Waals surface area contributed by atoms with Crippen molar-refractivity contribution in [2.24, 2.45) is 4.40 Å². The summed E-state index contributed by atoms with van der Waals surface area (Å²) < 4.78 is 27.9. The number of nitrogens with two attached hydrogens (primary N) is 1. The minimum absolute atomic E-state index is 0.0399. The molecule has 3 aromatic carbocycles. The van der Waals surface area contributed by atoms with Gasteiger partial charge in [-0.15, -0.1) is 0 Å². The van der Waals surface area contributed by atoms with Gasteiger partial charge in [0.25, 0.3) is 10.0 Å². The van der Waals surface area contributed by atoms with Crippen LogP contribution >= 0.6 is 0 Å². The number of nitrogen functional groups attached to an aromatic ring is 1. The molecular weight excluding hydrogens is 448 g/mol. The highest BCUT2D eigenvalue weighted by Crippen LogP contribution is 2.16. The van der Waals surface area contributed by atoms with Crippen molar-refractivity contribution >= 4 is 38.1 Å². The lowest BCUT2D eigenvalue weighted by Gasteiger charge is -2.10. The quantitative estimate of drug-likeness (QED) is 0.206. The number of anilines is 2. The van der Waals surface area contributed by atoms with Crippen molar-refractivity contribution in [3.8, 4) is 0 Å². The molecule has 0 saturated carbocycles. The van der Waals surface area contributed by atoms with Crippen LogP contribution in [0.2, 0.25) is 0 Å². The minimum Gasteiger partial charge on any atom is -0.861 e. The summed E-state index contributed by atoms with van der Waals surface area (Å²) in [5, 5.41) is 13.1. The Labute approximate surface area is 200 Å². The summed E-state index contributed by atoms with van der Waals surface area (Å²) in [5.74, 6) is -0.748. The van der Waals surface area contributed by atoms with Gasteiger partial charge in [-0.25, -0.2) is 4.57 Å². The largest absolute Gasteiger partial charge is 0.861 e. The second-order valence-corrected chi connectivity index (χ2v) is 9.56. The van der Waals surface area contributed by atoms with Gasteiger partial charge in [-0.1, -0.05) is 36.4 Å². The van der Waals surface area contributed by atoms with Crippen molar-refractivity contribution in [1.29, 1.82) is 0 Å². The molecule has 0 aliphatic carbocycles. The zero-order valence-electron chi connectivity index (χ0n) is 19.4. The van der Waals surface area contributed by atoms with Gasteiger partial charge >= 0.3 is 0 Å². The zero-order chi connectivity index (χ0) is 24.7. The Morgan fingerprint density at radius 3 is 2.15 bits per heavy atom. The molecule has 1 heterocycles. The van der Waals surface area contributed by atoms with Crippen LogP contribution in [0.15, 0.2) is 101 Å². The first-order valence-electron chi connectivity index (χ1n) is 10.6. The van der Waals surface area contributed by atoms with E-state index in [0.29, 0.717) is 5.69 Å². The van der Waals surface area contributed by atoms with Gasteiger partial charge in [-0.3, -0.25) is 0 Å². The van der Waals surface area contributed by atoms with E-state index >= 15 is 0 Å². The average molecular weight is 477 g/mol. The molecule has 4 aromatic rings. The summed E-state index contributed by atoms with van der Waals surface area (Å²) in [4.78, 5) is 2.07. The topological polar surface area (TPSA) is 103 Å².